The van der Waals surface area contributed by atoms with Crippen molar-refractivity contribution >= 4 is 27.5 Å². The van der Waals surface area contributed by atoms with Gasteiger partial charge in [0.2, 0.25) is 21.8 Å². The second-order valence-corrected chi connectivity index (χ2v) is 9.24. The third kappa shape index (κ3) is 5.61. The van der Waals surface area contributed by atoms with E-state index in [0.717, 1.165) is 0 Å². The molecule has 0 atom stereocenters. The fraction of sp³-hybridized carbons (Fsp3) is 0.381. The molecule has 0 radical (unpaired) electrons. The number of carbonyl (C=O) groups excluding carboxylic acids is 2. The van der Waals surface area contributed by atoms with E-state index in [9.17, 15) is 18.0 Å². The number of hydrogen-bond acceptors (Lipinski definition) is 7. The molecule has 1 saturated heterocycles. The van der Waals surface area contributed by atoms with Gasteiger partial charge < -0.3 is 15.4 Å². The number of piperazine rings is 1. The van der Waals surface area contributed by atoms with Gasteiger partial charge in [-0.3, -0.25) is 19.5 Å². The molecule has 1 fully saturated rings. The average molecular weight is 462 g/mol. The van der Waals surface area contributed by atoms with E-state index in [1.807, 2.05) is 4.90 Å². The van der Waals surface area contributed by atoms with E-state index < -0.39 is 15.9 Å². The maximum Gasteiger partial charge on any atom is 0.244 e. The highest BCUT2D eigenvalue weighted by molar-refractivity contribution is 7.89. The molecule has 0 aliphatic carbocycles. The largest absolute Gasteiger partial charge is 0.495 e. The number of primary amides is 1. The van der Waals surface area contributed by atoms with Gasteiger partial charge in [0.25, 0.3) is 0 Å². The van der Waals surface area contributed by atoms with Crippen molar-refractivity contribution in [2.45, 2.75) is 11.3 Å². The van der Waals surface area contributed by atoms with Crippen molar-refractivity contribution in [3.63, 3.8) is 0 Å². The van der Waals surface area contributed by atoms with Gasteiger partial charge >= 0.3 is 0 Å². The quantitative estimate of drug-likeness (QED) is 0.569. The Balaban J connectivity index is 1.66. The number of pyridine rings is 1. The number of nitrogens with zero attached hydrogens (tertiary/aromatic N) is 4. The SMILES string of the molecule is COc1ccccc1N(CCC(N)=O)C(=O)CN1CCN(S(=O)(=O)c2cccnc2)CC1. The number of methoxy groups -OCH3 is 1. The van der Waals surface area contributed by atoms with E-state index in [-0.39, 0.29) is 43.4 Å². The molecule has 2 amide bonds. The minimum Gasteiger partial charge on any atom is -0.495 e. The second-order valence-electron chi connectivity index (χ2n) is 7.30. The van der Waals surface area contributed by atoms with Crippen LogP contribution in [0.4, 0.5) is 5.69 Å². The summed E-state index contributed by atoms with van der Waals surface area (Å²) < 4.78 is 32.3. The first-order valence-corrected chi connectivity index (χ1v) is 11.6. The number of nitrogens with two attached hydrogens (primary N) is 1. The van der Waals surface area contributed by atoms with Gasteiger partial charge in [0.1, 0.15) is 10.6 Å². The number of sulfonamides is 1. The predicted molar refractivity (Wildman–Crippen MR) is 119 cm³/mol. The third-order valence-corrected chi connectivity index (χ3v) is 7.10. The molecule has 0 unspecified atom stereocenters. The van der Waals surface area contributed by atoms with Crippen molar-refractivity contribution in [2.75, 3.05) is 51.3 Å². The Hall–Kier alpha value is -3.02. The van der Waals surface area contributed by atoms with Crippen LogP contribution in [-0.2, 0) is 19.6 Å². The Morgan fingerprint density at radius 1 is 1.12 bits per heavy atom. The van der Waals surface area contributed by atoms with Crippen LogP contribution in [-0.4, -0.2) is 80.8 Å². The summed E-state index contributed by atoms with van der Waals surface area (Å²) in [5.74, 6) is -0.219. The molecular weight excluding hydrogens is 434 g/mol. The van der Waals surface area contributed by atoms with Gasteiger partial charge in [-0.25, -0.2) is 8.42 Å². The summed E-state index contributed by atoms with van der Waals surface area (Å²) in [6, 6.07) is 10.2. The molecular formula is C21H27N5O5S. The summed E-state index contributed by atoms with van der Waals surface area (Å²) in [5.41, 5.74) is 5.85. The Morgan fingerprint density at radius 2 is 1.84 bits per heavy atom. The average Bonchev–Trinajstić information content (AvgIpc) is 2.80. The highest BCUT2D eigenvalue weighted by Crippen LogP contribution is 2.28. The molecule has 1 aliphatic heterocycles. The van der Waals surface area contributed by atoms with Gasteiger partial charge in [-0.15, -0.1) is 0 Å². The molecule has 1 aromatic carbocycles. The van der Waals surface area contributed by atoms with Crippen molar-refractivity contribution in [3.05, 3.63) is 48.8 Å². The lowest BCUT2D eigenvalue weighted by atomic mass is 10.2. The van der Waals surface area contributed by atoms with Crippen LogP contribution in [0, 0.1) is 0 Å². The van der Waals surface area contributed by atoms with Crippen molar-refractivity contribution in [1.82, 2.24) is 14.2 Å². The number of para-hydroxylation sites is 2. The number of rotatable bonds is 9. The van der Waals surface area contributed by atoms with Gasteiger partial charge in [0.15, 0.2) is 0 Å². The summed E-state index contributed by atoms with van der Waals surface area (Å²) >= 11 is 0. The highest BCUT2D eigenvalue weighted by Gasteiger charge is 2.30. The van der Waals surface area contributed by atoms with Crippen molar-refractivity contribution in [2.24, 2.45) is 5.73 Å². The second kappa shape index (κ2) is 10.5. The first-order chi connectivity index (χ1) is 15.3. The van der Waals surface area contributed by atoms with Gasteiger partial charge in [0, 0.05) is 51.5 Å². The van der Waals surface area contributed by atoms with Gasteiger partial charge in [0.05, 0.1) is 19.3 Å². The minimum atomic E-state index is -3.62. The standard InChI is InChI=1S/C21H27N5O5S/c1-31-19-7-3-2-6-18(19)26(10-8-20(22)27)21(28)16-24-11-13-25(14-12-24)32(29,30)17-5-4-9-23-15-17/h2-7,9,15H,8,10-14,16H2,1H3,(H2,22,27). The smallest absolute Gasteiger partial charge is 0.244 e. The van der Waals surface area contributed by atoms with Crippen molar-refractivity contribution in [1.29, 1.82) is 0 Å². The van der Waals surface area contributed by atoms with Crippen LogP contribution >= 0.6 is 0 Å². The van der Waals surface area contributed by atoms with E-state index in [1.54, 1.807) is 30.3 Å². The van der Waals surface area contributed by atoms with E-state index >= 15 is 0 Å². The van der Waals surface area contributed by atoms with Crippen LogP contribution < -0.4 is 15.4 Å². The zero-order valence-corrected chi connectivity index (χ0v) is 18.7. The zero-order chi connectivity index (χ0) is 23.1. The summed E-state index contributed by atoms with van der Waals surface area (Å²) in [4.78, 5) is 31.9. The molecule has 0 saturated carbocycles. The van der Waals surface area contributed by atoms with Gasteiger partial charge in [-0.1, -0.05) is 12.1 Å². The zero-order valence-electron chi connectivity index (χ0n) is 17.9. The third-order valence-electron chi connectivity index (χ3n) is 5.22. The van der Waals surface area contributed by atoms with Crippen LogP contribution in [0.3, 0.4) is 0 Å². The first kappa shape index (κ1) is 23.6. The highest BCUT2D eigenvalue weighted by atomic mass is 32.2. The molecule has 1 aliphatic rings. The lowest BCUT2D eigenvalue weighted by Gasteiger charge is -2.34. The Morgan fingerprint density at radius 3 is 2.47 bits per heavy atom. The lowest BCUT2D eigenvalue weighted by Crippen LogP contribution is -2.51. The molecule has 2 heterocycles. The predicted octanol–water partition coefficient (Wildman–Crippen LogP) is 0.305. The summed E-state index contributed by atoms with van der Waals surface area (Å²) in [7, 11) is -2.11. The fourth-order valence-electron chi connectivity index (χ4n) is 3.51. The number of amides is 2. The van der Waals surface area contributed by atoms with E-state index in [1.165, 1.54) is 34.8 Å². The van der Waals surface area contributed by atoms with Crippen LogP contribution in [0.2, 0.25) is 0 Å². The number of hydrogen-bond donors (Lipinski definition) is 1. The molecule has 172 valence electrons. The topological polar surface area (TPSA) is 126 Å². The van der Waals surface area contributed by atoms with E-state index in [2.05, 4.69) is 4.98 Å². The monoisotopic (exact) mass is 461 g/mol. The summed E-state index contributed by atoms with van der Waals surface area (Å²) in [6.45, 7) is 1.55. The molecule has 0 bridgehead atoms. The number of ether oxygens (including phenoxy) is 1. The van der Waals surface area contributed by atoms with Crippen LogP contribution in [0.25, 0.3) is 0 Å². The molecule has 10 nitrogen and oxygen atoms in total. The molecule has 0 spiro atoms. The molecule has 1 aromatic heterocycles. The maximum atomic E-state index is 13.1. The molecule has 32 heavy (non-hydrogen) atoms. The van der Waals surface area contributed by atoms with E-state index in [4.69, 9.17) is 10.5 Å². The Labute approximate surface area is 187 Å². The molecule has 11 heteroatoms. The molecule has 2 aromatic rings. The molecule has 3 rings (SSSR count). The van der Waals surface area contributed by atoms with E-state index in [0.29, 0.717) is 24.5 Å². The normalized spacial score (nSPS) is 15.3. The van der Waals surface area contributed by atoms with Gasteiger partial charge in [-0.05, 0) is 24.3 Å². The lowest BCUT2D eigenvalue weighted by molar-refractivity contribution is -0.120. The maximum absolute atomic E-state index is 13.1. The fourth-order valence-corrected chi connectivity index (χ4v) is 4.89. The number of benzene rings is 1. The summed E-state index contributed by atoms with van der Waals surface area (Å²) in [6.07, 6.45) is 2.87. The number of carbonyl (C=O) groups is 2. The Kier molecular flexibility index (Phi) is 7.78. The van der Waals surface area contributed by atoms with Crippen molar-refractivity contribution < 1.29 is 22.7 Å². The molecule has 2 N–H and O–H groups in total. The van der Waals surface area contributed by atoms with Crippen LogP contribution in [0.5, 0.6) is 5.75 Å². The van der Waals surface area contributed by atoms with Crippen LogP contribution in [0.15, 0.2) is 53.7 Å². The van der Waals surface area contributed by atoms with Gasteiger partial charge in [-0.2, -0.15) is 4.31 Å². The minimum absolute atomic E-state index is 0.0148. The van der Waals surface area contributed by atoms with Crippen LogP contribution in [0.1, 0.15) is 6.42 Å². The van der Waals surface area contributed by atoms with Crippen molar-refractivity contribution in [3.8, 4) is 5.75 Å². The Bertz CT molecular complexity index is 1040. The number of anilines is 1. The first-order valence-electron chi connectivity index (χ1n) is 10.2. The summed E-state index contributed by atoms with van der Waals surface area (Å²) in [5, 5.41) is 0. The number of aromatic nitrogens is 1.